The van der Waals surface area contributed by atoms with Gasteiger partial charge in [-0.1, -0.05) is 65.1 Å². The smallest absolute Gasteiger partial charge is 0.238 e. The Morgan fingerprint density at radius 2 is 1.52 bits per heavy atom. The van der Waals surface area contributed by atoms with Gasteiger partial charge in [-0.05, 0) is 53.1 Å². The summed E-state index contributed by atoms with van der Waals surface area (Å²) >= 11 is 18.6. The Bertz CT molecular complexity index is 1210. The predicted octanol–water partition coefficient (Wildman–Crippen LogP) is 5.88. The average Bonchev–Trinajstić information content (AvgIpc) is 3.01. The molecular weight excluding hydrogens is 455 g/mol. The van der Waals surface area contributed by atoms with E-state index in [0.717, 1.165) is 16.7 Å². The minimum atomic E-state index is -1.08. The molecule has 3 aromatic carbocycles. The van der Waals surface area contributed by atoms with E-state index in [1.165, 1.54) is 0 Å². The Labute approximate surface area is 194 Å². The van der Waals surface area contributed by atoms with Gasteiger partial charge in [0.25, 0.3) is 0 Å². The molecule has 0 radical (unpaired) electrons. The highest BCUT2D eigenvalue weighted by Crippen LogP contribution is 2.57. The van der Waals surface area contributed by atoms with Crippen LogP contribution in [0.3, 0.4) is 0 Å². The lowest BCUT2D eigenvalue weighted by Gasteiger charge is -2.46. The average molecular weight is 472 g/mol. The number of carbonyl (C=O) groups is 2. The van der Waals surface area contributed by atoms with E-state index < -0.39 is 17.4 Å². The summed E-state index contributed by atoms with van der Waals surface area (Å²) in [5.41, 5.74) is 2.00. The van der Waals surface area contributed by atoms with E-state index in [1.807, 2.05) is 36.4 Å². The fraction of sp³-hybridized carbons (Fsp3) is 0.167. The second kappa shape index (κ2) is 7.56. The molecule has 2 heterocycles. The molecule has 2 amide bonds. The lowest BCUT2D eigenvalue weighted by atomic mass is 9.59. The van der Waals surface area contributed by atoms with Gasteiger partial charge in [0.1, 0.15) is 5.41 Å². The Morgan fingerprint density at radius 1 is 0.806 bits per heavy atom. The van der Waals surface area contributed by atoms with Crippen LogP contribution in [-0.4, -0.2) is 11.8 Å². The third-order valence-electron chi connectivity index (χ3n) is 6.21. The lowest BCUT2D eigenvalue weighted by Crippen LogP contribution is -2.56. The summed E-state index contributed by atoms with van der Waals surface area (Å²) in [5.74, 6) is -0.747. The number of hydrogen-bond donors (Lipinski definition) is 2. The maximum Gasteiger partial charge on any atom is 0.238 e. The third kappa shape index (κ3) is 3.21. The molecule has 0 bridgehead atoms. The number of amides is 2. The molecule has 3 aromatic rings. The number of anilines is 1. The van der Waals surface area contributed by atoms with E-state index in [0.29, 0.717) is 20.8 Å². The molecule has 1 spiro atoms. The number of hydrogen-bond acceptors (Lipinski definition) is 2. The zero-order chi connectivity index (χ0) is 21.8. The van der Waals surface area contributed by atoms with E-state index >= 15 is 0 Å². The van der Waals surface area contributed by atoms with Crippen LogP contribution in [0.15, 0.2) is 66.7 Å². The second-order valence-corrected chi connectivity index (χ2v) is 9.19. The van der Waals surface area contributed by atoms with Crippen LogP contribution in [0.25, 0.3) is 0 Å². The van der Waals surface area contributed by atoms with Crippen molar-refractivity contribution in [1.29, 1.82) is 0 Å². The van der Waals surface area contributed by atoms with Crippen LogP contribution in [-0.2, 0) is 15.0 Å². The largest absolute Gasteiger partial charge is 0.348 e. The first-order valence-corrected chi connectivity index (χ1v) is 10.9. The number of fused-ring (bicyclic) bond motifs is 2. The summed E-state index contributed by atoms with van der Waals surface area (Å²) in [7, 11) is 0. The van der Waals surface area contributed by atoms with Gasteiger partial charge in [-0.15, -0.1) is 0 Å². The van der Waals surface area contributed by atoms with Crippen molar-refractivity contribution in [2.24, 2.45) is 0 Å². The molecule has 7 heteroatoms. The molecule has 5 rings (SSSR count). The van der Waals surface area contributed by atoms with E-state index in [4.69, 9.17) is 34.8 Å². The van der Waals surface area contributed by atoms with E-state index in [1.54, 1.807) is 30.3 Å². The predicted molar refractivity (Wildman–Crippen MR) is 123 cm³/mol. The van der Waals surface area contributed by atoms with Gasteiger partial charge in [0.15, 0.2) is 0 Å². The normalized spacial score (nSPS) is 24.6. The van der Waals surface area contributed by atoms with Crippen LogP contribution in [0.4, 0.5) is 5.69 Å². The first-order valence-electron chi connectivity index (χ1n) is 9.81. The van der Waals surface area contributed by atoms with E-state index in [-0.39, 0.29) is 18.2 Å². The second-order valence-electron chi connectivity index (χ2n) is 7.88. The van der Waals surface area contributed by atoms with Crippen molar-refractivity contribution in [2.75, 3.05) is 5.32 Å². The zero-order valence-electron chi connectivity index (χ0n) is 16.2. The number of benzene rings is 3. The van der Waals surface area contributed by atoms with Crippen molar-refractivity contribution in [3.63, 3.8) is 0 Å². The van der Waals surface area contributed by atoms with Crippen molar-refractivity contribution in [1.82, 2.24) is 5.32 Å². The van der Waals surface area contributed by atoms with Crippen LogP contribution >= 0.6 is 34.8 Å². The van der Waals surface area contributed by atoms with Gasteiger partial charge in [0, 0.05) is 33.1 Å². The van der Waals surface area contributed by atoms with Crippen molar-refractivity contribution in [3.05, 3.63) is 98.5 Å². The molecule has 31 heavy (non-hydrogen) atoms. The molecule has 1 saturated heterocycles. The molecule has 0 unspecified atom stereocenters. The molecule has 0 saturated carbocycles. The molecule has 0 aliphatic carbocycles. The highest BCUT2D eigenvalue weighted by atomic mass is 35.5. The zero-order valence-corrected chi connectivity index (χ0v) is 18.4. The van der Waals surface area contributed by atoms with Gasteiger partial charge >= 0.3 is 0 Å². The summed E-state index contributed by atoms with van der Waals surface area (Å²) in [6.07, 6.45) is 0.153. The minimum absolute atomic E-state index is 0.134. The molecule has 2 aliphatic heterocycles. The summed E-state index contributed by atoms with van der Waals surface area (Å²) < 4.78 is 0. The Kier molecular flexibility index (Phi) is 4.97. The van der Waals surface area contributed by atoms with Gasteiger partial charge in [0.05, 0.1) is 6.04 Å². The van der Waals surface area contributed by atoms with Crippen LogP contribution in [0.1, 0.15) is 35.1 Å². The Morgan fingerprint density at radius 3 is 2.26 bits per heavy atom. The fourth-order valence-electron chi connectivity index (χ4n) is 4.95. The van der Waals surface area contributed by atoms with Crippen molar-refractivity contribution < 1.29 is 9.59 Å². The first-order chi connectivity index (χ1) is 14.9. The topological polar surface area (TPSA) is 58.2 Å². The molecule has 2 aliphatic rings. The Balaban J connectivity index is 1.80. The molecule has 0 aromatic heterocycles. The standard InChI is InChI=1S/C24H17Cl3N2O2/c25-15-6-4-13(5-7-15)22-24(18-9-8-17(27)11-20(18)28-23(24)31)19(12-21(30)29-22)14-2-1-3-16(26)10-14/h1-11,19,22H,12H2,(H,28,31)(H,29,30)/t19-,22+,24-/m0/s1. The van der Waals surface area contributed by atoms with Gasteiger partial charge in [-0.2, -0.15) is 0 Å². The summed E-state index contributed by atoms with van der Waals surface area (Å²) in [6, 6.07) is 19.3. The number of carbonyl (C=O) groups excluding carboxylic acids is 2. The number of halogens is 3. The van der Waals surface area contributed by atoms with Gasteiger partial charge < -0.3 is 10.6 Å². The monoisotopic (exact) mass is 470 g/mol. The highest BCUT2D eigenvalue weighted by Gasteiger charge is 2.61. The van der Waals surface area contributed by atoms with Crippen molar-refractivity contribution >= 4 is 52.3 Å². The van der Waals surface area contributed by atoms with Gasteiger partial charge in [0.2, 0.25) is 11.8 Å². The van der Waals surface area contributed by atoms with E-state index in [9.17, 15) is 9.59 Å². The van der Waals surface area contributed by atoms with E-state index in [2.05, 4.69) is 10.6 Å². The van der Waals surface area contributed by atoms with Crippen LogP contribution in [0, 0.1) is 0 Å². The highest BCUT2D eigenvalue weighted by molar-refractivity contribution is 6.31. The summed E-state index contributed by atoms with van der Waals surface area (Å²) in [6.45, 7) is 0. The quantitative estimate of drug-likeness (QED) is 0.490. The number of nitrogens with one attached hydrogen (secondary N) is 2. The minimum Gasteiger partial charge on any atom is -0.348 e. The van der Waals surface area contributed by atoms with Gasteiger partial charge in [-0.25, -0.2) is 0 Å². The maximum absolute atomic E-state index is 13.8. The fourth-order valence-corrected chi connectivity index (χ4v) is 5.44. The molecule has 156 valence electrons. The number of rotatable bonds is 2. The van der Waals surface area contributed by atoms with Gasteiger partial charge in [-0.3, -0.25) is 9.59 Å². The third-order valence-corrected chi connectivity index (χ3v) is 6.93. The van der Waals surface area contributed by atoms with Crippen molar-refractivity contribution in [3.8, 4) is 0 Å². The van der Waals surface area contributed by atoms with Crippen molar-refractivity contribution in [2.45, 2.75) is 23.8 Å². The maximum atomic E-state index is 13.8. The molecule has 2 N–H and O–H groups in total. The summed E-state index contributed by atoms with van der Waals surface area (Å²) in [4.78, 5) is 26.7. The van der Waals surface area contributed by atoms with Crippen LogP contribution in [0.5, 0.6) is 0 Å². The number of piperidine rings is 1. The van der Waals surface area contributed by atoms with Crippen LogP contribution in [0.2, 0.25) is 15.1 Å². The molecule has 3 atom stereocenters. The SMILES string of the molecule is O=C1C[C@@H](c2cccc(Cl)c2)[C@]2(C(=O)Nc3cc(Cl)ccc32)[C@@H](c2ccc(Cl)cc2)N1. The Hall–Kier alpha value is -2.53. The molecular formula is C24H17Cl3N2O2. The summed E-state index contributed by atoms with van der Waals surface area (Å²) in [5, 5.41) is 7.74. The van der Waals surface area contributed by atoms with Crippen LogP contribution < -0.4 is 10.6 Å². The first kappa shape index (κ1) is 20.4. The molecule has 4 nitrogen and oxygen atoms in total. The molecule has 1 fully saturated rings. The lowest BCUT2D eigenvalue weighted by molar-refractivity contribution is -0.131.